The van der Waals surface area contributed by atoms with Crippen molar-refractivity contribution < 1.29 is 23.5 Å². The normalized spacial score (nSPS) is 10.5. The minimum atomic E-state index is -0.599. The Labute approximate surface area is 162 Å². The van der Waals surface area contributed by atoms with Crippen molar-refractivity contribution in [2.24, 2.45) is 7.05 Å². The predicted molar refractivity (Wildman–Crippen MR) is 101 cm³/mol. The van der Waals surface area contributed by atoms with Crippen LogP contribution >= 0.6 is 0 Å². The standard InChI is InChI=1S/C20H21N3O5/c1-4-13-5-7-14(8-6-13)27-12-15-9-10-17(28-15)19(24)22-16-11-21-23(2)18(16)20(25)26-3/h5-11H,4,12H2,1-3H3,(H,22,24). The first-order valence-electron chi connectivity index (χ1n) is 8.74. The molecule has 1 N–H and O–H groups in total. The van der Waals surface area contributed by atoms with Crippen LogP contribution in [0.3, 0.4) is 0 Å². The van der Waals surface area contributed by atoms with Gasteiger partial charge in [0.05, 0.1) is 19.0 Å². The molecule has 8 heteroatoms. The zero-order valence-electron chi connectivity index (χ0n) is 15.9. The Hall–Kier alpha value is -3.55. The van der Waals surface area contributed by atoms with E-state index in [1.807, 2.05) is 24.3 Å². The first kappa shape index (κ1) is 19.2. The van der Waals surface area contributed by atoms with Crippen molar-refractivity contribution in [3.8, 4) is 5.75 Å². The number of anilines is 1. The van der Waals surface area contributed by atoms with E-state index in [9.17, 15) is 9.59 Å². The van der Waals surface area contributed by atoms with Gasteiger partial charge in [0.25, 0.3) is 5.91 Å². The number of amides is 1. The molecule has 0 saturated heterocycles. The second-order valence-electron chi connectivity index (χ2n) is 6.03. The zero-order valence-corrected chi connectivity index (χ0v) is 15.9. The average molecular weight is 383 g/mol. The van der Waals surface area contributed by atoms with Crippen molar-refractivity contribution in [1.29, 1.82) is 0 Å². The smallest absolute Gasteiger partial charge is 0.358 e. The summed E-state index contributed by atoms with van der Waals surface area (Å²) in [6.07, 6.45) is 2.34. The lowest BCUT2D eigenvalue weighted by Gasteiger charge is -2.06. The van der Waals surface area contributed by atoms with E-state index in [1.54, 1.807) is 19.2 Å². The first-order chi connectivity index (χ1) is 13.5. The summed E-state index contributed by atoms with van der Waals surface area (Å²) in [5.74, 6) is 0.219. The third-order valence-electron chi connectivity index (χ3n) is 4.16. The van der Waals surface area contributed by atoms with Crippen LogP contribution in [0.2, 0.25) is 0 Å². The van der Waals surface area contributed by atoms with Gasteiger partial charge in [0, 0.05) is 7.05 Å². The fourth-order valence-corrected chi connectivity index (χ4v) is 2.61. The summed E-state index contributed by atoms with van der Waals surface area (Å²) in [5, 5.41) is 6.57. The SMILES string of the molecule is CCc1ccc(OCc2ccc(C(=O)Nc3cnn(C)c3C(=O)OC)o2)cc1. The molecular formula is C20H21N3O5. The number of esters is 1. The lowest BCUT2D eigenvalue weighted by atomic mass is 10.2. The molecule has 0 spiro atoms. The summed E-state index contributed by atoms with van der Waals surface area (Å²) >= 11 is 0. The first-order valence-corrected chi connectivity index (χ1v) is 8.74. The van der Waals surface area contributed by atoms with E-state index < -0.39 is 11.9 Å². The number of hydrogen-bond donors (Lipinski definition) is 1. The Morgan fingerprint density at radius 1 is 1.18 bits per heavy atom. The van der Waals surface area contributed by atoms with Crippen molar-refractivity contribution >= 4 is 17.6 Å². The van der Waals surface area contributed by atoms with Crippen LogP contribution in [0.25, 0.3) is 0 Å². The van der Waals surface area contributed by atoms with Crippen molar-refractivity contribution in [3.05, 3.63) is 65.4 Å². The molecule has 8 nitrogen and oxygen atoms in total. The quantitative estimate of drug-likeness (QED) is 0.630. The molecule has 0 aliphatic rings. The van der Waals surface area contributed by atoms with Gasteiger partial charge in [-0.3, -0.25) is 9.48 Å². The molecule has 2 heterocycles. The van der Waals surface area contributed by atoms with Gasteiger partial charge in [-0.05, 0) is 36.2 Å². The lowest BCUT2D eigenvalue weighted by molar-refractivity contribution is 0.0589. The number of furan rings is 1. The van der Waals surface area contributed by atoms with Gasteiger partial charge in [0.15, 0.2) is 11.5 Å². The topological polar surface area (TPSA) is 95.6 Å². The van der Waals surface area contributed by atoms with Gasteiger partial charge in [0.1, 0.15) is 18.1 Å². The lowest BCUT2D eigenvalue weighted by Crippen LogP contribution is -2.16. The maximum atomic E-state index is 12.4. The second kappa shape index (κ2) is 8.43. The fourth-order valence-electron chi connectivity index (χ4n) is 2.61. The summed E-state index contributed by atoms with van der Waals surface area (Å²) in [4.78, 5) is 24.2. The van der Waals surface area contributed by atoms with E-state index in [1.165, 1.54) is 23.6 Å². The van der Waals surface area contributed by atoms with E-state index in [0.29, 0.717) is 5.76 Å². The van der Waals surface area contributed by atoms with Crippen molar-refractivity contribution in [1.82, 2.24) is 9.78 Å². The molecule has 1 amide bonds. The Morgan fingerprint density at radius 3 is 2.61 bits per heavy atom. The summed E-state index contributed by atoms with van der Waals surface area (Å²) in [6, 6.07) is 11.0. The summed E-state index contributed by atoms with van der Waals surface area (Å²) in [5.41, 5.74) is 1.61. The highest BCUT2D eigenvalue weighted by atomic mass is 16.5. The molecule has 28 heavy (non-hydrogen) atoms. The molecular weight excluding hydrogens is 362 g/mol. The fraction of sp³-hybridized carbons (Fsp3) is 0.250. The number of benzene rings is 1. The van der Waals surface area contributed by atoms with Crippen LogP contribution in [-0.2, 0) is 24.8 Å². The third kappa shape index (κ3) is 4.22. The highest BCUT2D eigenvalue weighted by molar-refractivity contribution is 6.06. The number of methoxy groups -OCH3 is 1. The molecule has 0 fully saturated rings. The number of nitrogens with one attached hydrogen (secondary N) is 1. The number of aryl methyl sites for hydroxylation is 2. The maximum absolute atomic E-state index is 12.4. The number of nitrogens with zero attached hydrogens (tertiary/aromatic N) is 2. The molecule has 0 atom stereocenters. The molecule has 0 saturated carbocycles. The summed E-state index contributed by atoms with van der Waals surface area (Å²) < 4.78 is 17.2. The molecule has 1 aromatic carbocycles. The van der Waals surface area contributed by atoms with E-state index >= 15 is 0 Å². The van der Waals surface area contributed by atoms with Crippen LogP contribution in [-0.4, -0.2) is 28.8 Å². The monoisotopic (exact) mass is 383 g/mol. The van der Waals surface area contributed by atoms with Gasteiger partial charge >= 0.3 is 5.97 Å². The number of rotatable bonds is 7. The number of aromatic nitrogens is 2. The highest BCUT2D eigenvalue weighted by Gasteiger charge is 2.21. The molecule has 0 aliphatic carbocycles. The Bertz CT molecular complexity index is 972. The number of carbonyl (C=O) groups excluding carboxylic acids is 2. The van der Waals surface area contributed by atoms with E-state index in [0.717, 1.165) is 12.2 Å². The number of carbonyl (C=O) groups is 2. The Balaban J connectivity index is 1.63. The second-order valence-corrected chi connectivity index (χ2v) is 6.03. The Morgan fingerprint density at radius 2 is 1.93 bits per heavy atom. The van der Waals surface area contributed by atoms with Crippen molar-refractivity contribution in [3.63, 3.8) is 0 Å². The van der Waals surface area contributed by atoms with Crippen LogP contribution in [0.1, 0.15) is 39.3 Å². The Kier molecular flexibility index (Phi) is 5.78. The van der Waals surface area contributed by atoms with Crippen LogP contribution in [0.4, 0.5) is 5.69 Å². The van der Waals surface area contributed by atoms with Gasteiger partial charge < -0.3 is 19.2 Å². The predicted octanol–water partition coefficient (Wildman–Crippen LogP) is 3.19. The van der Waals surface area contributed by atoms with Crippen LogP contribution in [0.15, 0.2) is 47.0 Å². The largest absolute Gasteiger partial charge is 0.486 e. The molecule has 0 radical (unpaired) electrons. The molecule has 3 rings (SSSR count). The molecule has 2 aromatic heterocycles. The number of hydrogen-bond acceptors (Lipinski definition) is 6. The van der Waals surface area contributed by atoms with Gasteiger partial charge in [-0.25, -0.2) is 4.79 Å². The van der Waals surface area contributed by atoms with Gasteiger partial charge in [-0.2, -0.15) is 5.10 Å². The molecule has 146 valence electrons. The van der Waals surface area contributed by atoms with Crippen LogP contribution < -0.4 is 10.1 Å². The van der Waals surface area contributed by atoms with Gasteiger partial charge in [-0.1, -0.05) is 19.1 Å². The van der Waals surface area contributed by atoms with Crippen molar-refractivity contribution in [2.45, 2.75) is 20.0 Å². The minimum Gasteiger partial charge on any atom is -0.486 e. The van der Waals surface area contributed by atoms with Crippen LogP contribution in [0.5, 0.6) is 5.75 Å². The van der Waals surface area contributed by atoms with Crippen LogP contribution in [0, 0.1) is 0 Å². The number of ether oxygens (including phenoxy) is 2. The van der Waals surface area contributed by atoms with E-state index in [4.69, 9.17) is 13.9 Å². The molecule has 3 aromatic rings. The minimum absolute atomic E-state index is 0.0969. The molecule has 0 aliphatic heterocycles. The van der Waals surface area contributed by atoms with E-state index in [2.05, 4.69) is 17.3 Å². The van der Waals surface area contributed by atoms with Crippen molar-refractivity contribution in [2.75, 3.05) is 12.4 Å². The summed E-state index contributed by atoms with van der Waals surface area (Å²) in [6.45, 7) is 2.28. The third-order valence-corrected chi connectivity index (χ3v) is 4.16. The summed E-state index contributed by atoms with van der Waals surface area (Å²) in [7, 11) is 2.84. The highest BCUT2D eigenvalue weighted by Crippen LogP contribution is 2.19. The van der Waals surface area contributed by atoms with E-state index in [-0.39, 0.29) is 23.7 Å². The molecule has 0 unspecified atom stereocenters. The molecule has 0 bridgehead atoms. The average Bonchev–Trinajstić information content (AvgIpc) is 3.33. The van der Waals surface area contributed by atoms with Gasteiger partial charge in [-0.15, -0.1) is 0 Å². The zero-order chi connectivity index (χ0) is 20.1. The maximum Gasteiger partial charge on any atom is 0.358 e. The van der Waals surface area contributed by atoms with Gasteiger partial charge in [0.2, 0.25) is 0 Å².